The first kappa shape index (κ1) is 16.4. The number of hydrogen-bond donors (Lipinski definition) is 2. The van der Waals surface area contributed by atoms with Crippen molar-refractivity contribution in [2.45, 2.75) is 44.7 Å². The molecule has 1 aromatic heterocycles. The number of pyridine rings is 1. The zero-order chi connectivity index (χ0) is 16.8. The van der Waals surface area contributed by atoms with Crippen LogP contribution >= 0.6 is 0 Å². The first-order valence-corrected chi connectivity index (χ1v) is 8.46. The van der Waals surface area contributed by atoms with Crippen molar-refractivity contribution in [1.29, 1.82) is 0 Å². The first-order valence-electron chi connectivity index (χ1n) is 8.46. The highest BCUT2D eigenvalue weighted by Crippen LogP contribution is 2.21. The number of hydrogen-bond acceptors (Lipinski definition) is 3. The van der Waals surface area contributed by atoms with Crippen LogP contribution in [0.15, 0.2) is 42.6 Å². The Morgan fingerprint density at radius 1 is 1.08 bits per heavy atom. The average molecular weight is 327 g/mol. The Balaban J connectivity index is 1.52. The number of carbonyl (C=O) groups excluding carboxylic acids is 1. The maximum Gasteiger partial charge on any atom is 0.270 e. The topological polar surface area (TPSA) is 54.0 Å². The molecular formula is C19H22FN3O. The van der Waals surface area contributed by atoms with E-state index < -0.39 is 0 Å². The standard InChI is InChI=1S/C19H22FN3O/c20-15-8-6-14(7-9-15)12-22-19(24)18-11-10-17(13-21-18)23-16-4-2-1-3-5-16/h6-11,13,16,23H,1-5,12H2,(H,22,24). The van der Waals surface area contributed by atoms with Crippen LogP contribution in [0.3, 0.4) is 0 Å². The van der Waals surface area contributed by atoms with E-state index in [1.165, 1.54) is 44.2 Å². The molecule has 1 fully saturated rings. The Labute approximate surface area is 141 Å². The Hall–Kier alpha value is -2.43. The monoisotopic (exact) mass is 327 g/mol. The molecule has 4 nitrogen and oxygen atoms in total. The fraction of sp³-hybridized carbons (Fsp3) is 0.368. The van der Waals surface area contributed by atoms with Gasteiger partial charge in [0.15, 0.2) is 0 Å². The van der Waals surface area contributed by atoms with E-state index in [1.807, 2.05) is 6.07 Å². The number of aromatic nitrogens is 1. The van der Waals surface area contributed by atoms with E-state index in [1.54, 1.807) is 24.4 Å². The maximum atomic E-state index is 12.9. The van der Waals surface area contributed by atoms with Crippen molar-refractivity contribution < 1.29 is 9.18 Å². The Kier molecular flexibility index (Phi) is 5.41. The summed E-state index contributed by atoms with van der Waals surface area (Å²) in [4.78, 5) is 16.4. The molecule has 1 amide bonds. The molecule has 3 rings (SSSR count). The van der Waals surface area contributed by atoms with E-state index in [9.17, 15) is 9.18 Å². The number of halogens is 1. The number of benzene rings is 1. The molecule has 1 aliphatic rings. The van der Waals surface area contributed by atoms with Crippen molar-refractivity contribution in [2.75, 3.05) is 5.32 Å². The third kappa shape index (κ3) is 4.54. The summed E-state index contributed by atoms with van der Waals surface area (Å²) in [6.07, 6.45) is 7.97. The van der Waals surface area contributed by atoms with Gasteiger partial charge in [-0.25, -0.2) is 9.37 Å². The quantitative estimate of drug-likeness (QED) is 0.876. The van der Waals surface area contributed by atoms with Crippen LogP contribution in [0.5, 0.6) is 0 Å². The largest absolute Gasteiger partial charge is 0.381 e. The first-order chi connectivity index (χ1) is 11.7. The molecule has 0 unspecified atom stereocenters. The fourth-order valence-electron chi connectivity index (χ4n) is 2.97. The van der Waals surface area contributed by atoms with Gasteiger partial charge in [-0.1, -0.05) is 31.4 Å². The van der Waals surface area contributed by atoms with Crippen LogP contribution in [0.2, 0.25) is 0 Å². The van der Waals surface area contributed by atoms with Crippen molar-refractivity contribution >= 4 is 11.6 Å². The van der Waals surface area contributed by atoms with E-state index in [4.69, 9.17) is 0 Å². The lowest BCUT2D eigenvalue weighted by Gasteiger charge is -2.23. The highest BCUT2D eigenvalue weighted by Gasteiger charge is 2.13. The van der Waals surface area contributed by atoms with Crippen LogP contribution in [0.4, 0.5) is 10.1 Å². The summed E-state index contributed by atoms with van der Waals surface area (Å²) in [5.41, 5.74) is 2.18. The van der Waals surface area contributed by atoms with Gasteiger partial charge >= 0.3 is 0 Å². The highest BCUT2D eigenvalue weighted by atomic mass is 19.1. The summed E-state index contributed by atoms with van der Waals surface area (Å²) >= 11 is 0. The second kappa shape index (κ2) is 7.90. The molecule has 1 saturated carbocycles. The molecule has 2 aromatic rings. The highest BCUT2D eigenvalue weighted by molar-refractivity contribution is 5.92. The van der Waals surface area contributed by atoms with Crippen molar-refractivity contribution in [1.82, 2.24) is 10.3 Å². The summed E-state index contributed by atoms with van der Waals surface area (Å²) in [5, 5.41) is 6.27. The van der Waals surface area contributed by atoms with Gasteiger partial charge < -0.3 is 10.6 Å². The molecule has 2 N–H and O–H groups in total. The minimum absolute atomic E-state index is 0.233. The molecule has 1 heterocycles. The van der Waals surface area contributed by atoms with Gasteiger partial charge in [0.25, 0.3) is 5.91 Å². The number of carbonyl (C=O) groups is 1. The lowest BCUT2D eigenvalue weighted by Crippen LogP contribution is -2.24. The molecule has 1 aliphatic carbocycles. The molecule has 5 heteroatoms. The van der Waals surface area contributed by atoms with E-state index in [0.717, 1.165) is 11.3 Å². The van der Waals surface area contributed by atoms with Crippen LogP contribution in [-0.4, -0.2) is 16.9 Å². The van der Waals surface area contributed by atoms with Gasteiger partial charge in [0.1, 0.15) is 11.5 Å². The minimum atomic E-state index is -0.284. The molecule has 0 aliphatic heterocycles. The van der Waals surface area contributed by atoms with Gasteiger partial charge in [-0.05, 0) is 42.7 Å². The number of nitrogens with zero attached hydrogens (tertiary/aromatic N) is 1. The summed E-state index contributed by atoms with van der Waals surface area (Å²) in [6, 6.07) is 10.2. The Morgan fingerprint density at radius 2 is 1.83 bits per heavy atom. The van der Waals surface area contributed by atoms with Gasteiger partial charge in [-0.15, -0.1) is 0 Å². The maximum absolute atomic E-state index is 12.9. The third-order valence-electron chi connectivity index (χ3n) is 4.34. The number of anilines is 1. The summed E-state index contributed by atoms with van der Waals surface area (Å²) in [5.74, 6) is -0.517. The summed E-state index contributed by atoms with van der Waals surface area (Å²) in [7, 11) is 0. The SMILES string of the molecule is O=C(NCc1ccc(F)cc1)c1ccc(NC2CCCCC2)cn1. The van der Waals surface area contributed by atoms with E-state index in [-0.39, 0.29) is 11.7 Å². The minimum Gasteiger partial charge on any atom is -0.381 e. The van der Waals surface area contributed by atoms with Gasteiger partial charge in [-0.3, -0.25) is 4.79 Å². The third-order valence-corrected chi connectivity index (χ3v) is 4.34. The summed E-state index contributed by atoms with van der Waals surface area (Å²) in [6.45, 7) is 0.350. The molecule has 0 bridgehead atoms. The van der Waals surface area contributed by atoms with Crippen molar-refractivity contribution in [3.8, 4) is 0 Å². The zero-order valence-corrected chi connectivity index (χ0v) is 13.6. The second-order valence-electron chi connectivity index (χ2n) is 6.22. The normalized spacial score (nSPS) is 15.0. The zero-order valence-electron chi connectivity index (χ0n) is 13.6. The Bertz CT molecular complexity index is 664. The van der Waals surface area contributed by atoms with Crippen molar-refractivity contribution in [3.05, 3.63) is 59.7 Å². The average Bonchev–Trinajstić information content (AvgIpc) is 2.62. The van der Waals surface area contributed by atoms with E-state index >= 15 is 0 Å². The van der Waals surface area contributed by atoms with Crippen molar-refractivity contribution in [3.63, 3.8) is 0 Å². The van der Waals surface area contributed by atoms with Crippen LogP contribution in [0.25, 0.3) is 0 Å². The molecular weight excluding hydrogens is 305 g/mol. The summed E-state index contributed by atoms with van der Waals surface area (Å²) < 4.78 is 12.9. The molecule has 0 radical (unpaired) electrons. The fourth-order valence-corrected chi connectivity index (χ4v) is 2.97. The molecule has 126 valence electrons. The predicted octanol–water partition coefficient (Wildman–Crippen LogP) is 3.90. The van der Waals surface area contributed by atoms with Crippen molar-refractivity contribution in [2.24, 2.45) is 0 Å². The van der Waals surface area contributed by atoms with Gasteiger partial charge in [0, 0.05) is 12.6 Å². The van der Waals surface area contributed by atoms with E-state index in [2.05, 4.69) is 15.6 Å². The lowest BCUT2D eigenvalue weighted by atomic mass is 9.95. The van der Waals surface area contributed by atoms with Gasteiger partial charge in [-0.2, -0.15) is 0 Å². The van der Waals surface area contributed by atoms with E-state index in [0.29, 0.717) is 18.3 Å². The smallest absolute Gasteiger partial charge is 0.270 e. The second-order valence-corrected chi connectivity index (χ2v) is 6.22. The van der Waals surface area contributed by atoms with Crippen LogP contribution in [0.1, 0.15) is 48.2 Å². The number of amides is 1. The van der Waals surface area contributed by atoms with Crippen LogP contribution < -0.4 is 10.6 Å². The van der Waals surface area contributed by atoms with Crippen LogP contribution in [0, 0.1) is 5.82 Å². The molecule has 0 saturated heterocycles. The molecule has 0 spiro atoms. The number of nitrogens with one attached hydrogen (secondary N) is 2. The number of rotatable bonds is 5. The molecule has 24 heavy (non-hydrogen) atoms. The Morgan fingerprint density at radius 3 is 2.50 bits per heavy atom. The van der Waals surface area contributed by atoms with Crippen LogP contribution in [-0.2, 0) is 6.54 Å². The molecule has 0 atom stereocenters. The lowest BCUT2D eigenvalue weighted by molar-refractivity contribution is 0.0946. The predicted molar refractivity (Wildman–Crippen MR) is 92.3 cm³/mol. The van der Waals surface area contributed by atoms with Gasteiger partial charge in [0.05, 0.1) is 11.9 Å². The van der Waals surface area contributed by atoms with Gasteiger partial charge in [0.2, 0.25) is 0 Å². The molecule has 1 aromatic carbocycles.